The van der Waals surface area contributed by atoms with Gasteiger partial charge in [-0.3, -0.25) is 4.79 Å². The Hall–Kier alpha value is -3.06. The molecule has 156 valence electrons. The number of hydrogen-bond donors (Lipinski definition) is 0. The van der Waals surface area contributed by atoms with Gasteiger partial charge in [-0.25, -0.2) is 9.18 Å². The summed E-state index contributed by atoms with van der Waals surface area (Å²) in [6.45, 7) is 3.61. The largest absolute Gasteiger partial charge is 0.482 e. The second kappa shape index (κ2) is 8.36. The summed E-state index contributed by atoms with van der Waals surface area (Å²) in [5.41, 5.74) is 1.18. The minimum absolute atomic E-state index is 0.190. The van der Waals surface area contributed by atoms with Gasteiger partial charge in [-0.2, -0.15) is 0 Å². The van der Waals surface area contributed by atoms with E-state index >= 15 is 0 Å². The summed E-state index contributed by atoms with van der Waals surface area (Å²) in [6.07, 6.45) is 0. The number of carbonyl (C=O) groups excluding carboxylic acids is 1. The number of anilines is 1. The second-order valence-corrected chi connectivity index (χ2v) is 7.54. The molecule has 1 aliphatic heterocycles. The van der Waals surface area contributed by atoms with Crippen molar-refractivity contribution in [3.63, 3.8) is 0 Å². The Bertz CT molecular complexity index is 1160. The zero-order valence-corrected chi connectivity index (χ0v) is 17.1. The summed E-state index contributed by atoms with van der Waals surface area (Å²) < 4.78 is 24.8. The summed E-state index contributed by atoms with van der Waals surface area (Å²) in [7, 11) is 0. The van der Waals surface area contributed by atoms with Gasteiger partial charge in [-0.15, -0.1) is 0 Å². The molecule has 1 aromatic heterocycles. The second-order valence-electron chi connectivity index (χ2n) is 7.14. The van der Waals surface area contributed by atoms with Crippen LogP contribution in [0, 0.1) is 12.7 Å². The zero-order chi connectivity index (χ0) is 21.3. The average molecular weight is 431 g/mol. The van der Waals surface area contributed by atoms with Gasteiger partial charge in [0.15, 0.2) is 6.61 Å². The van der Waals surface area contributed by atoms with Crippen LogP contribution < -0.4 is 15.3 Å². The maximum atomic E-state index is 14.0. The molecule has 4 rings (SSSR count). The molecule has 0 unspecified atom stereocenters. The van der Waals surface area contributed by atoms with Crippen LogP contribution in [0.3, 0.4) is 0 Å². The lowest BCUT2D eigenvalue weighted by Crippen LogP contribution is -2.50. The highest BCUT2D eigenvalue weighted by Gasteiger charge is 2.23. The molecule has 0 saturated carbocycles. The van der Waals surface area contributed by atoms with Crippen LogP contribution >= 0.6 is 11.6 Å². The third-order valence-corrected chi connectivity index (χ3v) is 5.48. The van der Waals surface area contributed by atoms with Crippen molar-refractivity contribution in [3.05, 3.63) is 69.3 Å². The van der Waals surface area contributed by atoms with Gasteiger partial charge < -0.3 is 19.0 Å². The van der Waals surface area contributed by atoms with Crippen molar-refractivity contribution in [2.75, 3.05) is 37.7 Å². The minimum Gasteiger partial charge on any atom is -0.482 e. The molecule has 2 heterocycles. The number of aryl methyl sites for hydroxylation is 1. The molecule has 0 aliphatic carbocycles. The molecule has 0 bridgehead atoms. The van der Waals surface area contributed by atoms with Crippen LogP contribution in [0.2, 0.25) is 5.02 Å². The molecule has 0 radical (unpaired) electrons. The lowest BCUT2D eigenvalue weighted by Gasteiger charge is -2.36. The van der Waals surface area contributed by atoms with Gasteiger partial charge in [0.1, 0.15) is 17.1 Å². The van der Waals surface area contributed by atoms with Gasteiger partial charge in [-0.1, -0.05) is 23.7 Å². The third kappa shape index (κ3) is 4.11. The van der Waals surface area contributed by atoms with Crippen LogP contribution in [0.5, 0.6) is 5.75 Å². The molecular weight excluding hydrogens is 411 g/mol. The molecule has 1 aliphatic rings. The fourth-order valence-corrected chi connectivity index (χ4v) is 3.78. The van der Waals surface area contributed by atoms with E-state index in [1.165, 1.54) is 18.2 Å². The monoisotopic (exact) mass is 430 g/mol. The Morgan fingerprint density at radius 2 is 1.90 bits per heavy atom. The Kier molecular flexibility index (Phi) is 5.63. The summed E-state index contributed by atoms with van der Waals surface area (Å²) in [6, 6.07) is 11.2. The van der Waals surface area contributed by atoms with E-state index in [1.807, 2.05) is 4.90 Å². The van der Waals surface area contributed by atoms with Crippen LogP contribution in [0.15, 0.2) is 51.7 Å². The van der Waals surface area contributed by atoms with Crippen molar-refractivity contribution in [1.29, 1.82) is 0 Å². The fraction of sp³-hybridized carbons (Fsp3) is 0.273. The molecule has 3 aromatic rings. The molecule has 0 spiro atoms. The number of nitrogens with zero attached hydrogens (tertiary/aromatic N) is 2. The summed E-state index contributed by atoms with van der Waals surface area (Å²) >= 11 is 6.27. The smallest absolute Gasteiger partial charge is 0.336 e. The number of piperazine rings is 1. The van der Waals surface area contributed by atoms with E-state index in [1.54, 1.807) is 36.1 Å². The quantitative estimate of drug-likeness (QED) is 0.591. The molecule has 1 amide bonds. The number of carbonyl (C=O) groups is 1. The maximum absolute atomic E-state index is 14.0. The van der Waals surface area contributed by atoms with Crippen molar-refractivity contribution < 1.29 is 18.3 Å². The van der Waals surface area contributed by atoms with E-state index in [2.05, 4.69) is 0 Å². The number of fused-ring (bicyclic) bond motifs is 1. The normalized spacial score (nSPS) is 14.2. The first-order valence-electron chi connectivity index (χ1n) is 9.56. The van der Waals surface area contributed by atoms with E-state index in [4.69, 9.17) is 20.8 Å². The zero-order valence-electron chi connectivity index (χ0n) is 16.4. The first kappa shape index (κ1) is 20.2. The first-order chi connectivity index (χ1) is 14.4. The van der Waals surface area contributed by atoms with E-state index in [-0.39, 0.29) is 24.1 Å². The number of para-hydroxylation sites is 1. The topological polar surface area (TPSA) is 63.0 Å². The fourth-order valence-electron chi connectivity index (χ4n) is 3.57. The Balaban J connectivity index is 1.39. The number of amides is 1. The lowest BCUT2D eigenvalue weighted by molar-refractivity contribution is -0.133. The van der Waals surface area contributed by atoms with Crippen LogP contribution in [0.4, 0.5) is 10.1 Å². The maximum Gasteiger partial charge on any atom is 0.336 e. The van der Waals surface area contributed by atoms with Gasteiger partial charge in [0.2, 0.25) is 0 Å². The van der Waals surface area contributed by atoms with Crippen molar-refractivity contribution in [2.45, 2.75) is 6.92 Å². The summed E-state index contributed by atoms with van der Waals surface area (Å²) in [5.74, 6) is -0.185. The SMILES string of the molecule is Cc1cc(=O)oc2cc(OCC(=O)N3CCN(c4ccccc4F)CC3)c(Cl)cc12. The predicted molar refractivity (Wildman–Crippen MR) is 113 cm³/mol. The van der Waals surface area contributed by atoms with Crippen molar-refractivity contribution in [2.24, 2.45) is 0 Å². The summed E-state index contributed by atoms with van der Waals surface area (Å²) in [4.78, 5) is 27.7. The van der Waals surface area contributed by atoms with Crippen molar-refractivity contribution >= 4 is 34.2 Å². The van der Waals surface area contributed by atoms with E-state index in [9.17, 15) is 14.0 Å². The van der Waals surface area contributed by atoms with Crippen LogP contribution in [0.1, 0.15) is 5.56 Å². The van der Waals surface area contributed by atoms with Gasteiger partial charge in [0, 0.05) is 43.7 Å². The number of rotatable bonds is 4. The highest BCUT2D eigenvalue weighted by atomic mass is 35.5. The highest BCUT2D eigenvalue weighted by molar-refractivity contribution is 6.32. The lowest BCUT2D eigenvalue weighted by atomic mass is 10.1. The Labute approximate surface area is 177 Å². The van der Waals surface area contributed by atoms with Crippen LogP contribution in [0.25, 0.3) is 11.0 Å². The predicted octanol–water partition coefficient (Wildman–Crippen LogP) is 3.62. The molecule has 1 fully saturated rings. The molecule has 0 N–H and O–H groups in total. The van der Waals surface area contributed by atoms with Gasteiger partial charge >= 0.3 is 5.63 Å². The van der Waals surface area contributed by atoms with Crippen molar-refractivity contribution in [1.82, 2.24) is 4.90 Å². The first-order valence-corrected chi connectivity index (χ1v) is 9.94. The number of hydrogen-bond acceptors (Lipinski definition) is 5. The molecule has 6 nitrogen and oxygen atoms in total. The standard InChI is InChI=1S/C22H20ClFN2O4/c1-14-10-22(28)30-19-12-20(16(23)11-15(14)19)29-13-21(27)26-8-6-25(7-9-26)18-5-3-2-4-17(18)24/h2-5,10-12H,6-9,13H2,1H3. The number of ether oxygens (including phenoxy) is 1. The molecule has 2 aromatic carbocycles. The molecule has 1 saturated heterocycles. The molecule has 30 heavy (non-hydrogen) atoms. The minimum atomic E-state index is -0.461. The Morgan fingerprint density at radius 3 is 2.63 bits per heavy atom. The van der Waals surface area contributed by atoms with E-state index in [0.717, 1.165) is 5.56 Å². The van der Waals surface area contributed by atoms with Gasteiger partial charge in [-0.05, 0) is 30.7 Å². The van der Waals surface area contributed by atoms with Gasteiger partial charge in [0.05, 0.1) is 10.7 Å². The summed E-state index contributed by atoms with van der Waals surface area (Å²) in [5, 5.41) is 1.04. The Morgan fingerprint density at radius 1 is 1.17 bits per heavy atom. The number of benzene rings is 2. The molecular formula is C22H20ClFN2O4. The van der Waals surface area contributed by atoms with Crippen LogP contribution in [-0.4, -0.2) is 43.6 Å². The molecule has 8 heteroatoms. The third-order valence-electron chi connectivity index (χ3n) is 5.18. The van der Waals surface area contributed by atoms with Crippen LogP contribution in [-0.2, 0) is 4.79 Å². The van der Waals surface area contributed by atoms with Crippen molar-refractivity contribution in [3.8, 4) is 5.75 Å². The number of halogens is 2. The van der Waals surface area contributed by atoms with Gasteiger partial charge in [0.25, 0.3) is 5.91 Å². The average Bonchev–Trinajstić information content (AvgIpc) is 2.73. The van der Waals surface area contributed by atoms with E-state index < -0.39 is 5.63 Å². The van der Waals surface area contributed by atoms with E-state index in [0.29, 0.717) is 47.9 Å². The molecule has 0 atom stereocenters. The highest BCUT2D eigenvalue weighted by Crippen LogP contribution is 2.31.